The normalized spacial score (nSPS) is 21.9. The molecular weight excluding hydrogens is 560 g/mol. The molecule has 246 valence electrons. The van der Waals surface area contributed by atoms with Gasteiger partial charge in [-0.05, 0) is 83.0 Å². The number of ether oxygens (including phenoxy) is 2. The van der Waals surface area contributed by atoms with Gasteiger partial charge >= 0.3 is 0 Å². The summed E-state index contributed by atoms with van der Waals surface area (Å²) in [5, 5.41) is 4.98. The number of hydrogen-bond acceptors (Lipinski definition) is 2. The van der Waals surface area contributed by atoms with Gasteiger partial charge in [0.05, 0.1) is 13.2 Å². The summed E-state index contributed by atoms with van der Waals surface area (Å²) < 4.78 is 13.7. The summed E-state index contributed by atoms with van der Waals surface area (Å²) in [6, 6.07) is 26.5. The van der Waals surface area contributed by atoms with Gasteiger partial charge in [0.1, 0.15) is 11.5 Å². The molecule has 0 unspecified atom stereocenters. The van der Waals surface area contributed by atoms with E-state index >= 15 is 0 Å². The van der Waals surface area contributed by atoms with Gasteiger partial charge in [0.25, 0.3) is 0 Å². The van der Waals surface area contributed by atoms with Crippen molar-refractivity contribution in [3.8, 4) is 22.6 Å². The molecule has 2 aliphatic rings. The molecule has 2 saturated carbocycles. The van der Waals surface area contributed by atoms with Crippen LogP contribution in [0.1, 0.15) is 117 Å². The van der Waals surface area contributed by atoms with Crippen molar-refractivity contribution >= 4 is 21.5 Å². The average molecular weight is 619 g/mol. The number of unbranched alkanes of at least 4 members (excludes halogenated alkanes) is 4. The first-order chi connectivity index (χ1) is 22.7. The molecule has 4 aromatic rings. The Labute approximate surface area is 279 Å². The van der Waals surface area contributed by atoms with Gasteiger partial charge in [-0.3, -0.25) is 0 Å². The predicted octanol–water partition coefficient (Wildman–Crippen LogP) is 13.2. The van der Waals surface area contributed by atoms with E-state index < -0.39 is 0 Å². The van der Waals surface area contributed by atoms with Crippen LogP contribution in [0.5, 0.6) is 11.5 Å². The van der Waals surface area contributed by atoms with Crippen LogP contribution >= 0.6 is 0 Å². The van der Waals surface area contributed by atoms with Gasteiger partial charge in [-0.1, -0.05) is 152 Å². The van der Waals surface area contributed by atoms with E-state index in [1.54, 1.807) is 0 Å². The fraction of sp³-hybridized carbons (Fsp3) is 0.545. The predicted molar refractivity (Wildman–Crippen MR) is 197 cm³/mol. The van der Waals surface area contributed by atoms with Crippen molar-refractivity contribution in [2.75, 3.05) is 13.2 Å². The van der Waals surface area contributed by atoms with Gasteiger partial charge in [0.2, 0.25) is 0 Å². The molecule has 0 atom stereocenters. The third-order valence-electron chi connectivity index (χ3n) is 11.3. The first kappa shape index (κ1) is 32.9. The number of fused-ring (bicyclic) bond motifs is 2. The number of benzene rings is 4. The highest BCUT2D eigenvalue weighted by Crippen LogP contribution is 2.46. The maximum atomic E-state index is 6.87. The van der Waals surface area contributed by atoms with Gasteiger partial charge in [-0.15, -0.1) is 0 Å². The largest absolute Gasteiger partial charge is 0.493 e. The van der Waals surface area contributed by atoms with Crippen LogP contribution in [-0.2, 0) is 0 Å². The fourth-order valence-electron chi connectivity index (χ4n) is 8.41. The summed E-state index contributed by atoms with van der Waals surface area (Å²) in [5.74, 6) is 5.12. The molecule has 0 spiro atoms. The van der Waals surface area contributed by atoms with Crippen LogP contribution in [0.2, 0.25) is 0 Å². The Morgan fingerprint density at radius 1 is 0.457 bits per heavy atom. The molecular formula is C44H58O2. The van der Waals surface area contributed by atoms with Gasteiger partial charge in [0.15, 0.2) is 0 Å². The molecule has 0 amide bonds. The Morgan fingerprint density at radius 3 is 1.26 bits per heavy atom. The highest BCUT2D eigenvalue weighted by Gasteiger charge is 2.25. The summed E-state index contributed by atoms with van der Waals surface area (Å²) in [7, 11) is 0. The van der Waals surface area contributed by atoms with Crippen molar-refractivity contribution in [1.29, 1.82) is 0 Å². The van der Waals surface area contributed by atoms with E-state index in [4.69, 9.17) is 9.47 Å². The lowest BCUT2D eigenvalue weighted by Gasteiger charge is -2.29. The van der Waals surface area contributed by atoms with E-state index in [-0.39, 0.29) is 0 Å². The highest BCUT2D eigenvalue weighted by atomic mass is 16.5. The van der Waals surface area contributed by atoms with E-state index in [0.717, 1.165) is 36.5 Å². The smallest absolute Gasteiger partial charge is 0.127 e. The van der Waals surface area contributed by atoms with Crippen molar-refractivity contribution in [2.45, 2.75) is 117 Å². The second-order valence-corrected chi connectivity index (χ2v) is 14.7. The van der Waals surface area contributed by atoms with Crippen LogP contribution in [-0.4, -0.2) is 13.2 Å². The second kappa shape index (κ2) is 16.7. The molecule has 4 aromatic carbocycles. The molecule has 2 fully saturated rings. The van der Waals surface area contributed by atoms with Gasteiger partial charge < -0.3 is 9.47 Å². The van der Waals surface area contributed by atoms with Crippen LogP contribution in [0.4, 0.5) is 0 Å². The minimum Gasteiger partial charge on any atom is -0.493 e. The molecule has 6 rings (SSSR count). The summed E-state index contributed by atoms with van der Waals surface area (Å²) in [4.78, 5) is 0. The molecule has 2 aliphatic carbocycles. The Kier molecular flexibility index (Phi) is 12.0. The van der Waals surface area contributed by atoms with E-state index in [2.05, 4.69) is 86.6 Å². The van der Waals surface area contributed by atoms with Gasteiger partial charge in [-0.25, -0.2) is 0 Å². The zero-order valence-corrected chi connectivity index (χ0v) is 28.8. The van der Waals surface area contributed by atoms with Crippen molar-refractivity contribution in [3.63, 3.8) is 0 Å². The fourth-order valence-corrected chi connectivity index (χ4v) is 8.41. The third-order valence-corrected chi connectivity index (χ3v) is 11.3. The molecule has 0 N–H and O–H groups in total. The zero-order chi connectivity index (χ0) is 31.6. The van der Waals surface area contributed by atoms with Crippen LogP contribution in [0.15, 0.2) is 72.8 Å². The lowest BCUT2D eigenvalue weighted by atomic mass is 9.80. The third kappa shape index (κ3) is 8.28. The Bertz CT molecular complexity index is 1390. The minimum absolute atomic E-state index is 0.641. The topological polar surface area (TPSA) is 18.5 Å². The standard InChI is InChI=1S/C44H58O2/c1-3-5-7-13-33-19-23-35(24-20-33)31-45-41-29-27-37-15-9-11-17-39(37)43(41)44-40-18-12-10-16-38(40)28-30-42(44)46-32-36-25-21-34(22-26-36)14-8-6-4-2/h9-12,15-18,27-30,33-36H,3-8,13-14,19-26,31-32H2,1-2H3. The highest BCUT2D eigenvalue weighted by molar-refractivity contribution is 6.09. The lowest BCUT2D eigenvalue weighted by molar-refractivity contribution is 0.177. The SMILES string of the molecule is CCCCCC1CCC(COc2ccc3ccccc3c2-c2c(OCC3CCC(CCCCC)CC3)ccc3ccccc23)CC1. The van der Waals surface area contributed by atoms with E-state index in [9.17, 15) is 0 Å². The Balaban J connectivity index is 1.23. The van der Waals surface area contributed by atoms with E-state index in [0.29, 0.717) is 11.8 Å². The van der Waals surface area contributed by atoms with E-state index in [1.807, 2.05) is 0 Å². The number of hydrogen-bond donors (Lipinski definition) is 0. The minimum atomic E-state index is 0.641. The van der Waals surface area contributed by atoms with Crippen molar-refractivity contribution in [2.24, 2.45) is 23.7 Å². The first-order valence-electron chi connectivity index (χ1n) is 19.0. The molecule has 0 saturated heterocycles. The van der Waals surface area contributed by atoms with E-state index in [1.165, 1.54) is 135 Å². The molecule has 2 nitrogen and oxygen atoms in total. The molecule has 0 bridgehead atoms. The van der Waals surface area contributed by atoms with Crippen LogP contribution < -0.4 is 9.47 Å². The second-order valence-electron chi connectivity index (χ2n) is 14.7. The zero-order valence-electron chi connectivity index (χ0n) is 28.8. The first-order valence-corrected chi connectivity index (χ1v) is 19.0. The van der Waals surface area contributed by atoms with Crippen LogP contribution in [0.3, 0.4) is 0 Å². The van der Waals surface area contributed by atoms with Crippen LogP contribution in [0, 0.1) is 23.7 Å². The van der Waals surface area contributed by atoms with Crippen molar-refractivity contribution < 1.29 is 9.47 Å². The summed E-state index contributed by atoms with van der Waals surface area (Å²) >= 11 is 0. The number of rotatable bonds is 15. The Hall–Kier alpha value is -3.00. The average Bonchev–Trinajstić information content (AvgIpc) is 3.11. The molecule has 2 heteroatoms. The molecule has 46 heavy (non-hydrogen) atoms. The summed E-state index contributed by atoms with van der Waals surface area (Å²) in [6.45, 7) is 6.22. The Morgan fingerprint density at radius 2 is 0.848 bits per heavy atom. The monoisotopic (exact) mass is 618 g/mol. The maximum Gasteiger partial charge on any atom is 0.127 e. The quantitative estimate of drug-likeness (QED) is 0.123. The van der Waals surface area contributed by atoms with Crippen LogP contribution in [0.25, 0.3) is 32.7 Å². The van der Waals surface area contributed by atoms with Crippen molar-refractivity contribution in [1.82, 2.24) is 0 Å². The van der Waals surface area contributed by atoms with Gasteiger partial charge in [0, 0.05) is 11.1 Å². The molecule has 0 heterocycles. The maximum absolute atomic E-state index is 6.87. The molecule has 0 radical (unpaired) electrons. The molecule has 0 aliphatic heterocycles. The summed E-state index contributed by atoms with van der Waals surface area (Å²) in [6.07, 6.45) is 21.7. The molecule has 0 aromatic heterocycles. The lowest BCUT2D eigenvalue weighted by Crippen LogP contribution is -2.20. The van der Waals surface area contributed by atoms with Crippen molar-refractivity contribution in [3.05, 3.63) is 72.8 Å². The van der Waals surface area contributed by atoms with Gasteiger partial charge in [-0.2, -0.15) is 0 Å². The summed E-state index contributed by atoms with van der Waals surface area (Å²) in [5.41, 5.74) is 2.38.